The number of hydrogen-bond acceptors (Lipinski definition) is 2. The van der Waals surface area contributed by atoms with Crippen molar-refractivity contribution >= 4 is 5.91 Å². The summed E-state index contributed by atoms with van der Waals surface area (Å²) in [5, 5.41) is 12.5. The van der Waals surface area contributed by atoms with Crippen LogP contribution in [0, 0.1) is 17.3 Å². The van der Waals surface area contributed by atoms with Crippen molar-refractivity contribution in [2.75, 3.05) is 13.2 Å². The second-order valence-electron chi connectivity index (χ2n) is 5.60. The van der Waals surface area contributed by atoms with Crippen LogP contribution >= 0.6 is 0 Å². The van der Waals surface area contributed by atoms with Gasteiger partial charge in [-0.15, -0.1) is 0 Å². The van der Waals surface area contributed by atoms with Crippen LogP contribution in [0.5, 0.6) is 0 Å². The number of carbonyl (C=O) groups excluding carboxylic acids is 1. The first-order valence-electron chi connectivity index (χ1n) is 6.97. The van der Waals surface area contributed by atoms with Crippen molar-refractivity contribution in [3.05, 3.63) is 0 Å². The van der Waals surface area contributed by atoms with Crippen LogP contribution in [0.25, 0.3) is 0 Å². The first-order chi connectivity index (χ1) is 8.08. The molecule has 0 spiro atoms. The summed E-state index contributed by atoms with van der Waals surface area (Å²) in [4.78, 5) is 12.1. The standard InChI is InChI=1S/C14H27NO2/c1-4-14(5-2,10-16)9-15-13(17)12-8-6-7-11(12)3/h11-12,16H,4-10H2,1-3H3,(H,15,17). The molecule has 1 aliphatic rings. The van der Waals surface area contributed by atoms with Crippen molar-refractivity contribution in [3.63, 3.8) is 0 Å². The van der Waals surface area contributed by atoms with E-state index in [4.69, 9.17) is 0 Å². The molecule has 0 bridgehead atoms. The number of hydrogen-bond donors (Lipinski definition) is 2. The van der Waals surface area contributed by atoms with E-state index in [1.807, 2.05) is 0 Å². The topological polar surface area (TPSA) is 49.3 Å². The lowest BCUT2D eigenvalue weighted by atomic mass is 9.83. The molecule has 2 atom stereocenters. The minimum atomic E-state index is -0.127. The Hall–Kier alpha value is -0.570. The highest BCUT2D eigenvalue weighted by molar-refractivity contribution is 5.79. The minimum absolute atomic E-state index is 0.127. The van der Waals surface area contributed by atoms with Gasteiger partial charge in [-0.05, 0) is 31.6 Å². The van der Waals surface area contributed by atoms with Crippen LogP contribution in [0.2, 0.25) is 0 Å². The van der Waals surface area contributed by atoms with Gasteiger partial charge in [0.05, 0.1) is 6.61 Å². The molecule has 0 aromatic heterocycles. The summed E-state index contributed by atoms with van der Waals surface area (Å²) in [5.41, 5.74) is -0.127. The zero-order valence-corrected chi connectivity index (χ0v) is 11.5. The van der Waals surface area contributed by atoms with E-state index >= 15 is 0 Å². The smallest absolute Gasteiger partial charge is 0.223 e. The maximum atomic E-state index is 12.1. The summed E-state index contributed by atoms with van der Waals surface area (Å²) in [6.07, 6.45) is 5.18. The van der Waals surface area contributed by atoms with E-state index < -0.39 is 0 Å². The van der Waals surface area contributed by atoms with Crippen molar-refractivity contribution < 1.29 is 9.90 Å². The molecule has 3 nitrogen and oxygen atoms in total. The van der Waals surface area contributed by atoms with E-state index in [0.717, 1.165) is 19.3 Å². The summed E-state index contributed by atoms with van der Waals surface area (Å²) in [6, 6.07) is 0. The highest BCUT2D eigenvalue weighted by Gasteiger charge is 2.32. The predicted molar refractivity (Wildman–Crippen MR) is 69.6 cm³/mol. The average molecular weight is 241 g/mol. The number of nitrogens with one attached hydrogen (secondary N) is 1. The molecule has 1 saturated carbocycles. The van der Waals surface area contributed by atoms with Crippen molar-refractivity contribution in [2.24, 2.45) is 17.3 Å². The van der Waals surface area contributed by atoms with E-state index in [1.54, 1.807) is 0 Å². The van der Waals surface area contributed by atoms with Crippen molar-refractivity contribution in [2.45, 2.75) is 52.9 Å². The molecule has 17 heavy (non-hydrogen) atoms. The first-order valence-corrected chi connectivity index (χ1v) is 6.97. The van der Waals surface area contributed by atoms with Crippen LogP contribution in [0.15, 0.2) is 0 Å². The van der Waals surface area contributed by atoms with E-state index in [9.17, 15) is 9.90 Å². The number of rotatable bonds is 6. The molecule has 0 aromatic rings. The monoisotopic (exact) mass is 241 g/mol. The Labute approximate surface area is 105 Å². The zero-order valence-electron chi connectivity index (χ0n) is 11.5. The van der Waals surface area contributed by atoms with Crippen LogP contribution in [0.3, 0.4) is 0 Å². The van der Waals surface area contributed by atoms with Gasteiger partial charge in [0.2, 0.25) is 5.91 Å². The highest BCUT2D eigenvalue weighted by atomic mass is 16.3. The van der Waals surface area contributed by atoms with Gasteiger partial charge in [-0.25, -0.2) is 0 Å². The molecule has 1 fully saturated rings. The first kappa shape index (κ1) is 14.5. The second kappa shape index (κ2) is 6.39. The molecule has 0 radical (unpaired) electrons. The Bertz CT molecular complexity index is 240. The quantitative estimate of drug-likeness (QED) is 0.750. The van der Waals surface area contributed by atoms with Gasteiger partial charge in [-0.1, -0.05) is 27.2 Å². The van der Waals surface area contributed by atoms with Crippen LogP contribution < -0.4 is 5.32 Å². The van der Waals surface area contributed by atoms with Gasteiger partial charge in [0.15, 0.2) is 0 Å². The molecule has 0 aromatic carbocycles. The predicted octanol–water partition coefficient (Wildman–Crippen LogP) is 2.34. The Morgan fingerprint density at radius 3 is 2.41 bits per heavy atom. The zero-order chi connectivity index (χ0) is 12.9. The second-order valence-corrected chi connectivity index (χ2v) is 5.60. The molecular formula is C14H27NO2. The van der Waals surface area contributed by atoms with E-state index in [1.165, 1.54) is 12.8 Å². The molecule has 1 rings (SSSR count). The van der Waals surface area contributed by atoms with Gasteiger partial charge in [0.1, 0.15) is 0 Å². The molecular weight excluding hydrogens is 214 g/mol. The molecule has 2 N–H and O–H groups in total. The van der Waals surface area contributed by atoms with Crippen molar-refractivity contribution in [1.29, 1.82) is 0 Å². The Kier molecular flexibility index (Phi) is 5.44. The average Bonchev–Trinajstić information content (AvgIpc) is 2.78. The van der Waals surface area contributed by atoms with Crippen molar-refractivity contribution in [3.8, 4) is 0 Å². The molecule has 1 amide bonds. The van der Waals surface area contributed by atoms with Crippen molar-refractivity contribution in [1.82, 2.24) is 5.32 Å². The fraction of sp³-hybridized carbons (Fsp3) is 0.929. The molecule has 0 saturated heterocycles. The van der Waals surface area contributed by atoms with Crippen LogP contribution in [-0.2, 0) is 4.79 Å². The maximum Gasteiger partial charge on any atom is 0.223 e. The van der Waals surface area contributed by atoms with Crippen LogP contribution in [0.1, 0.15) is 52.9 Å². The lowest BCUT2D eigenvalue weighted by molar-refractivity contribution is -0.126. The summed E-state index contributed by atoms with van der Waals surface area (Å²) in [5.74, 6) is 0.900. The normalized spacial score (nSPS) is 24.9. The van der Waals surface area contributed by atoms with Crippen LogP contribution in [-0.4, -0.2) is 24.2 Å². The molecule has 2 unspecified atom stereocenters. The lowest BCUT2D eigenvalue weighted by Gasteiger charge is -2.30. The summed E-state index contributed by atoms with van der Waals surface area (Å²) >= 11 is 0. The van der Waals surface area contributed by atoms with Gasteiger partial charge in [-0.2, -0.15) is 0 Å². The van der Waals surface area contributed by atoms with Gasteiger partial charge in [0.25, 0.3) is 0 Å². The molecule has 3 heteroatoms. The van der Waals surface area contributed by atoms with Gasteiger partial charge in [-0.3, -0.25) is 4.79 Å². The van der Waals surface area contributed by atoms with Crippen LogP contribution in [0.4, 0.5) is 0 Å². The van der Waals surface area contributed by atoms with Gasteiger partial charge in [0, 0.05) is 17.9 Å². The highest BCUT2D eigenvalue weighted by Crippen LogP contribution is 2.31. The fourth-order valence-corrected chi connectivity index (χ4v) is 2.72. The number of aliphatic hydroxyl groups is 1. The summed E-state index contributed by atoms with van der Waals surface area (Å²) in [6.45, 7) is 7.07. The molecule has 1 aliphatic carbocycles. The van der Waals surface area contributed by atoms with E-state index in [-0.39, 0.29) is 23.8 Å². The summed E-state index contributed by atoms with van der Waals surface area (Å²) < 4.78 is 0. The van der Waals surface area contributed by atoms with E-state index in [2.05, 4.69) is 26.1 Å². The molecule has 0 heterocycles. The maximum absolute atomic E-state index is 12.1. The molecule has 100 valence electrons. The Balaban J connectivity index is 2.46. The number of amides is 1. The fourth-order valence-electron chi connectivity index (χ4n) is 2.72. The summed E-state index contributed by atoms with van der Waals surface area (Å²) in [7, 11) is 0. The number of carbonyl (C=O) groups is 1. The number of aliphatic hydroxyl groups excluding tert-OH is 1. The minimum Gasteiger partial charge on any atom is -0.396 e. The van der Waals surface area contributed by atoms with Gasteiger partial charge >= 0.3 is 0 Å². The largest absolute Gasteiger partial charge is 0.396 e. The lowest BCUT2D eigenvalue weighted by Crippen LogP contribution is -2.42. The third kappa shape index (κ3) is 3.44. The molecule has 0 aliphatic heterocycles. The Morgan fingerprint density at radius 2 is 2.00 bits per heavy atom. The SMILES string of the molecule is CCC(CC)(CO)CNC(=O)C1CCCC1C. The van der Waals surface area contributed by atoms with E-state index in [0.29, 0.717) is 12.5 Å². The third-order valence-corrected chi connectivity index (χ3v) is 4.67. The third-order valence-electron chi connectivity index (χ3n) is 4.67. The van der Waals surface area contributed by atoms with Gasteiger partial charge < -0.3 is 10.4 Å². The Morgan fingerprint density at radius 1 is 1.35 bits per heavy atom.